The average molecular weight is 527 g/mol. The quantitative estimate of drug-likeness (QED) is 0.286. The molecule has 8 heteroatoms. The molecule has 172 valence electrons. The van der Waals surface area contributed by atoms with E-state index in [1.54, 1.807) is 7.05 Å². The number of guanidine groups is 1. The number of hydrogen-bond acceptors (Lipinski definition) is 4. The third-order valence-corrected chi connectivity index (χ3v) is 4.80. The van der Waals surface area contributed by atoms with Crippen LogP contribution < -0.4 is 10.6 Å². The fourth-order valence-corrected chi connectivity index (χ4v) is 3.34. The summed E-state index contributed by atoms with van der Waals surface area (Å²) in [4.78, 5) is 18.4. The zero-order valence-electron chi connectivity index (χ0n) is 19.4. The van der Waals surface area contributed by atoms with E-state index >= 15 is 0 Å². The molecule has 2 atom stereocenters. The van der Waals surface area contributed by atoms with Crippen molar-refractivity contribution in [1.82, 2.24) is 15.5 Å². The molecular weight excluding hydrogens is 483 g/mol. The molecule has 1 aliphatic heterocycles. The molecule has 0 spiro atoms. The summed E-state index contributed by atoms with van der Waals surface area (Å²) < 4.78 is 11.3. The van der Waals surface area contributed by atoms with Gasteiger partial charge in [0.05, 0.1) is 6.10 Å². The van der Waals surface area contributed by atoms with Crippen molar-refractivity contribution in [1.29, 1.82) is 0 Å². The molecule has 29 heavy (non-hydrogen) atoms. The summed E-state index contributed by atoms with van der Waals surface area (Å²) in [5.74, 6) is 1.69. The highest BCUT2D eigenvalue weighted by molar-refractivity contribution is 14.0. The summed E-state index contributed by atoms with van der Waals surface area (Å²) in [6.07, 6.45) is 3.10. The van der Waals surface area contributed by atoms with Crippen molar-refractivity contribution in [3.05, 3.63) is 0 Å². The van der Waals surface area contributed by atoms with Gasteiger partial charge in [0.2, 0.25) is 0 Å². The molecule has 2 N–H and O–H groups in total. The van der Waals surface area contributed by atoms with E-state index in [1.807, 2.05) is 32.6 Å². The van der Waals surface area contributed by atoms with Gasteiger partial charge >= 0.3 is 6.09 Å². The van der Waals surface area contributed by atoms with E-state index in [1.165, 1.54) is 0 Å². The van der Waals surface area contributed by atoms with Gasteiger partial charge in [-0.3, -0.25) is 4.99 Å². The first-order valence-electron chi connectivity index (χ1n) is 10.7. The Morgan fingerprint density at radius 1 is 1.28 bits per heavy atom. The van der Waals surface area contributed by atoms with Gasteiger partial charge in [0.25, 0.3) is 0 Å². The largest absolute Gasteiger partial charge is 0.444 e. The van der Waals surface area contributed by atoms with E-state index in [4.69, 9.17) is 9.47 Å². The van der Waals surface area contributed by atoms with Crippen molar-refractivity contribution in [2.45, 2.75) is 72.5 Å². The van der Waals surface area contributed by atoms with Gasteiger partial charge in [0.1, 0.15) is 5.60 Å². The molecule has 0 aromatic carbocycles. The van der Waals surface area contributed by atoms with Crippen molar-refractivity contribution in [3.8, 4) is 0 Å². The number of nitrogens with zero attached hydrogens (tertiary/aromatic N) is 2. The van der Waals surface area contributed by atoms with E-state index in [0.717, 1.165) is 58.0 Å². The minimum absolute atomic E-state index is 0. The number of halogens is 1. The number of carbonyl (C=O) groups is 1. The van der Waals surface area contributed by atoms with Crippen molar-refractivity contribution in [2.24, 2.45) is 16.8 Å². The Morgan fingerprint density at radius 2 is 1.97 bits per heavy atom. The molecule has 1 rings (SSSR count). The molecule has 0 radical (unpaired) electrons. The molecule has 0 saturated carbocycles. The highest BCUT2D eigenvalue weighted by Crippen LogP contribution is 2.19. The highest BCUT2D eigenvalue weighted by atomic mass is 127. The normalized spacial score (nSPS) is 18.8. The molecule has 1 fully saturated rings. The molecule has 0 aromatic rings. The molecule has 0 aliphatic carbocycles. The molecular formula is C21H43IN4O3. The smallest absolute Gasteiger partial charge is 0.410 e. The lowest BCUT2D eigenvalue weighted by molar-refractivity contribution is 0.0168. The third kappa shape index (κ3) is 11.9. The summed E-state index contributed by atoms with van der Waals surface area (Å²) in [5, 5.41) is 6.77. The van der Waals surface area contributed by atoms with Crippen molar-refractivity contribution >= 4 is 36.0 Å². The molecule has 1 heterocycles. The number of amides is 1. The number of ether oxygens (including phenoxy) is 2. The van der Waals surface area contributed by atoms with Gasteiger partial charge in [-0.05, 0) is 58.8 Å². The Balaban J connectivity index is 0.00000784. The second-order valence-electron chi connectivity index (χ2n) is 8.84. The predicted molar refractivity (Wildman–Crippen MR) is 130 cm³/mol. The molecule has 0 bridgehead atoms. The van der Waals surface area contributed by atoms with Crippen LogP contribution in [0.4, 0.5) is 4.79 Å². The van der Waals surface area contributed by atoms with Crippen molar-refractivity contribution in [2.75, 3.05) is 39.8 Å². The Kier molecular flexibility index (Phi) is 13.9. The van der Waals surface area contributed by atoms with Crippen molar-refractivity contribution < 1.29 is 14.3 Å². The van der Waals surface area contributed by atoms with Crippen LogP contribution in [0.25, 0.3) is 0 Å². The van der Waals surface area contributed by atoms with Crippen LogP contribution in [0.5, 0.6) is 0 Å². The van der Waals surface area contributed by atoms with Gasteiger partial charge in [0.15, 0.2) is 5.96 Å². The molecule has 1 saturated heterocycles. The zero-order chi connectivity index (χ0) is 21.2. The molecule has 7 nitrogen and oxygen atoms in total. The number of hydrogen-bond donors (Lipinski definition) is 2. The zero-order valence-corrected chi connectivity index (χ0v) is 21.7. The lowest BCUT2D eigenvalue weighted by Crippen LogP contribution is -2.47. The summed E-state index contributed by atoms with van der Waals surface area (Å²) in [6.45, 7) is 16.0. The maximum absolute atomic E-state index is 12.3. The molecule has 2 unspecified atom stereocenters. The Bertz CT molecular complexity index is 495. The number of likely N-dealkylation sites (tertiary alicyclic amines) is 1. The second-order valence-corrected chi connectivity index (χ2v) is 8.84. The summed E-state index contributed by atoms with van der Waals surface area (Å²) >= 11 is 0. The van der Waals surface area contributed by atoms with E-state index in [9.17, 15) is 4.79 Å². The van der Waals surface area contributed by atoms with Gasteiger partial charge in [-0.15, -0.1) is 24.0 Å². The van der Waals surface area contributed by atoms with Crippen molar-refractivity contribution in [3.63, 3.8) is 0 Å². The summed E-state index contributed by atoms with van der Waals surface area (Å²) in [6, 6.07) is 0. The van der Waals surface area contributed by atoms with Crippen LogP contribution in [-0.4, -0.2) is 68.5 Å². The Hall–Kier alpha value is -0.770. The van der Waals surface area contributed by atoms with E-state index < -0.39 is 5.60 Å². The molecule has 1 aliphatic rings. The second kappa shape index (κ2) is 14.3. The van der Waals surface area contributed by atoms with Crippen LogP contribution >= 0.6 is 24.0 Å². The van der Waals surface area contributed by atoms with Crippen LogP contribution in [0.3, 0.4) is 0 Å². The van der Waals surface area contributed by atoms with Crippen LogP contribution in [-0.2, 0) is 9.47 Å². The Morgan fingerprint density at radius 3 is 2.52 bits per heavy atom. The first-order chi connectivity index (χ1) is 13.2. The molecule has 0 aromatic heterocycles. The van der Waals surface area contributed by atoms with Gasteiger partial charge in [-0.2, -0.15) is 0 Å². The van der Waals surface area contributed by atoms with E-state index in [0.29, 0.717) is 11.8 Å². The van der Waals surface area contributed by atoms with Gasteiger partial charge in [-0.1, -0.05) is 13.8 Å². The topological polar surface area (TPSA) is 75.2 Å². The third-order valence-electron chi connectivity index (χ3n) is 4.80. The SMILES string of the molecule is CCOC(CCNC(=NC)NCC1CCCN(C(=O)OC(C)(C)C)C1)C(C)C.I. The maximum Gasteiger partial charge on any atom is 0.410 e. The van der Waals surface area contributed by atoms with Crippen LogP contribution in [0.2, 0.25) is 0 Å². The first-order valence-corrected chi connectivity index (χ1v) is 10.7. The predicted octanol–water partition coefficient (Wildman–Crippen LogP) is 3.87. The number of piperidine rings is 1. The Labute approximate surface area is 194 Å². The molecule has 1 amide bonds. The monoisotopic (exact) mass is 526 g/mol. The maximum atomic E-state index is 12.3. The standard InChI is InChI=1S/C21H42N4O3.HI/c1-8-27-18(16(2)3)11-12-23-19(22-7)24-14-17-10-9-13-25(15-17)20(26)28-21(4,5)6;/h16-18H,8-15H2,1-7H3,(H2,22,23,24);1H. The van der Waals surface area contributed by atoms with Gasteiger partial charge in [0, 0.05) is 39.8 Å². The number of aliphatic imine (C=N–C) groups is 1. The van der Waals surface area contributed by atoms with Crippen LogP contribution in [0.15, 0.2) is 4.99 Å². The van der Waals surface area contributed by atoms with Gasteiger partial charge < -0.3 is 25.0 Å². The first kappa shape index (κ1) is 28.2. The van der Waals surface area contributed by atoms with Gasteiger partial charge in [-0.25, -0.2) is 4.79 Å². The number of carbonyl (C=O) groups excluding carboxylic acids is 1. The lowest BCUT2D eigenvalue weighted by atomic mass is 9.98. The summed E-state index contributed by atoms with van der Waals surface area (Å²) in [5.41, 5.74) is -0.455. The average Bonchev–Trinajstić information content (AvgIpc) is 2.62. The fourth-order valence-electron chi connectivity index (χ4n) is 3.34. The number of rotatable bonds is 8. The number of nitrogens with one attached hydrogen (secondary N) is 2. The minimum atomic E-state index is -0.455. The minimum Gasteiger partial charge on any atom is -0.444 e. The summed E-state index contributed by atoms with van der Waals surface area (Å²) in [7, 11) is 1.78. The fraction of sp³-hybridized carbons (Fsp3) is 0.905. The van der Waals surface area contributed by atoms with E-state index in [-0.39, 0.29) is 36.2 Å². The lowest BCUT2D eigenvalue weighted by Gasteiger charge is -2.34. The van der Waals surface area contributed by atoms with E-state index in [2.05, 4.69) is 29.5 Å². The van der Waals surface area contributed by atoms with Crippen LogP contribution in [0.1, 0.15) is 60.8 Å². The highest BCUT2D eigenvalue weighted by Gasteiger charge is 2.27. The van der Waals surface area contributed by atoms with Crippen LogP contribution in [0, 0.1) is 11.8 Å².